The zero-order valence-electron chi connectivity index (χ0n) is 15.8. The van der Waals surface area contributed by atoms with Crippen LogP contribution in [0, 0.1) is 5.41 Å². The van der Waals surface area contributed by atoms with Crippen LogP contribution in [-0.4, -0.2) is 42.8 Å². The van der Waals surface area contributed by atoms with Gasteiger partial charge in [0.1, 0.15) is 12.9 Å². The Kier molecular flexibility index (Phi) is 6.20. The Morgan fingerprint density at radius 3 is 2.62 bits per heavy atom. The van der Waals surface area contributed by atoms with Crippen LogP contribution in [0.1, 0.15) is 20.8 Å². The van der Waals surface area contributed by atoms with Crippen LogP contribution in [0.2, 0.25) is 0 Å². The van der Waals surface area contributed by atoms with Crippen molar-refractivity contribution in [1.29, 1.82) is 0 Å². The highest BCUT2D eigenvalue weighted by Crippen LogP contribution is 2.30. The highest BCUT2D eigenvalue weighted by Gasteiger charge is 2.23. The molecule has 0 aliphatic carbocycles. The van der Waals surface area contributed by atoms with Gasteiger partial charge in [0, 0.05) is 12.6 Å². The topological polar surface area (TPSA) is 91.7 Å². The first-order valence-electron chi connectivity index (χ1n) is 8.29. The second-order valence-corrected chi connectivity index (χ2v) is 6.80. The second-order valence-electron chi connectivity index (χ2n) is 6.80. The van der Waals surface area contributed by atoms with Gasteiger partial charge in [0.15, 0.2) is 18.2 Å². The molecule has 0 unspecified atom stereocenters. The number of hydrogen-bond acceptors (Lipinski definition) is 7. The van der Waals surface area contributed by atoms with Gasteiger partial charge in [-0.1, -0.05) is 0 Å². The van der Waals surface area contributed by atoms with E-state index >= 15 is 0 Å². The fourth-order valence-corrected chi connectivity index (χ4v) is 2.14. The number of nitrogens with zero attached hydrogens (tertiary/aromatic N) is 2. The van der Waals surface area contributed by atoms with Crippen molar-refractivity contribution in [2.45, 2.75) is 27.5 Å². The number of fused-ring (bicyclic) bond motifs is 1. The number of nitrogens with one attached hydrogen (secondary N) is 1. The van der Waals surface area contributed by atoms with E-state index in [9.17, 15) is 9.59 Å². The van der Waals surface area contributed by atoms with Crippen LogP contribution >= 0.6 is 0 Å². The average Bonchev–Trinajstić information content (AvgIpc) is 2.60. The van der Waals surface area contributed by atoms with E-state index in [1.807, 2.05) is 7.05 Å². The summed E-state index contributed by atoms with van der Waals surface area (Å²) in [6, 6.07) is 3.25. The van der Waals surface area contributed by atoms with E-state index in [4.69, 9.17) is 14.2 Å². The summed E-state index contributed by atoms with van der Waals surface area (Å²) in [7, 11) is 3.34. The standard InChI is InChI=1S/C18H25N3O5/c1-18(2,3)17(23)26-11-21-10-20-13-9-15(25-7-6-19-4)14(24-5)8-12(13)16(21)22/h8-10,19H,6-7,11H2,1-5H3. The summed E-state index contributed by atoms with van der Waals surface area (Å²) in [5, 5.41) is 3.35. The van der Waals surface area contributed by atoms with Gasteiger partial charge < -0.3 is 19.5 Å². The molecule has 0 fully saturated rings. The van der Waals surface area contributed by atoms with Crippen molar-refractivity contribution in [3.05, 3.63) is 28.8 Å². The van der Waals surface area contributed by atoms with Gasteiger partial charge in [-0.05, 0) is 33.9 Å². The van der Waals surface area contributed by atoms with Crippen molar-refractivity contribution >= 4 is 16.9 Å². The number of carbonyl (C=O) groups excluding carboxylic acids is 1. The molecule has 0 saturated carbocycles. The first-order valence-corrected chi connectivity index (χ1v) is 8.29. The Morgan fingerprint density at radius 1 is 1.27 bits per heavy atom. The normalized spacial score (nSPS) is 11.4. The zero-order chi connectivity index (χ0) is 19.3. The number of carbonyl (C=O) groups is 1. The van der Waals surface area contributed by atoms with Gasteiger partial charge in [-0.2, -0.15) is 0 Å². The maximum Gasteiger partial charge on any atom is 0.312 e. The molecule has 2 aromatic rings. The van der Waals surface area contributed by atoms with Gasteiger partial charge in [0.2, 0.25) is 0 Å². The Labute approximate surface area is 152 Å². The van der Waals surface area contributed by atoms with Crippen LogP contribution < -0.4 is 20.3 Å². The summed E-state index contributed by atoms with van der Waals surface area (Å²) in [5.41, 5.74) is -0.484. The average molecular weight is 363 g/mol. The Balaban J connectivity index is 2.31. The molecule has 0 radical (unpaired) electrons. The summed E-state index contributed by atoms with van der Waals surface area (Å²) in [6.07, 6.45) is 1.35. The number of hydrogen-bond donors (Lipinski definition) is 1. The van der Waals surface area contributed by atoms with Gasteiger partial charge in [-0.15, -0.1) is 0 Å². The lowest BCUT2D eigenvalue weighted by Gasteiger charge is -2.17. The second kappa shape index (κ2) is 8.18. The molecule has 1 heterocycles. The minimum Gasteiger partial charge on any atom is -0.493 e. The van der Waals surface area contributed by atoms with Gasteiger partial charge in [-0.25, -0.2) is 4.98 Å². The predicted octanol–water partition coefficient (Wildman–Crippen LogP) is 1.55. The van der Waals surface area contributed by atoms with Gasteiger partial charge in [0.25, 0.3) is 5.56 Å². The largest absolute Gasteiger partial charge is 0.493 e. The summed E-state index contributed by atoms with van der Waals surface area (Å²) < 4.78 is 17.4. The predicted molar refractivity (Wildman–Crippen MR) is 97.5 cm³/mol. The molecule has 142 valence electrons. The maximum atomic E-state index is 12.7. The molecule has 0 atom stereocenters. The monoisotopic (exact) mass is 363 g/mol. The third-order valence-corrected chi connectivity index (χ3v) is 3.67. The Bertz CT molecular complexity index is 839. The van der Waals surface area contributed by atoms with Crippen molar-refractivity contribution < 1.29 is 19.0 Å². The molecule has 1 aromatic heterocycles. The fourth-order valence-electron chi connectivity index (χ4n) is 2.14. The molecule has 0 spiro atoms. The van der Waals surface area contributed by atoms with E-state index in [-0.39, 0.29) is 12.3 Å². The lowest BCUT2D eigenvalue weighted by molar-refractivity contribution is -0.157. The molecule has 8 nitrogen and oxygen atoms in total. The van der Waals surface area contributed by atoms with E-state index < -0.39 is 11.4 Å². The third-order valence-electron chi connectivity index (χ3n) is 3.67. The molecule has 0 saturated heterocycles. The molecular weight excluding hydrogens is 338 g/mol. The minimum absolute atomic E-state index is 0.194. The van der Waals surface area contributed by atoms with E-state index in [0.29, 0.717) is 35.6 Å². The first-order chi connectivity index (χ1) is 12.3. The smallest absolute Gasteiger partial charge is 0.312 e. The van der Waals surface area contributed by atoms with Crippen LogP contribution in [-0.2, 0) is 16.3 Å². The van der Waals surface area contributed by atoms with Crippen molar-refractivity contribution in [2.75, 3.05) is 27.3 Å². The number of benzene rings is 1. The van der Waals surface area contributed by atoms with Gasteiger partial charge in [0.05, 0.1) is 23.4 Å². The number of esters is 1. The van der Waals surface area contributed by atoms with Crippen molar-refractivity contribution in [2.24, 2.45) is 5.41 Å². The van der Waals surface area contributed by atoms with Gasteiger partial charge in [-0.3, -0.25) is 14.2 Å². The van der Waals surface area contributed by atoms with Crippen LogP contribution in [0.25, 0.3) is 10.9 Å². The number of ether oxygens (including phenoxy) is 3. The summed E-state index contributed by atoms with van der Waals surface area (Å²) in [5.74, 6) is 0.561. The molecule has 26 heavy (non-hydrogen) atoms. The van der Waals surface area contributed by atoms with E-state index in [1.165, 1.54) is 18.0 Å². The molecule has 0 bridgehead atoms. The van der Waals surface area contributed by atoms with Crippen molar-refractivity contribution in [1.82, 2.24) is 14.9 Å². The lowest BCUT2D eigenvalue weighted by atomic mass is 9.98. The summed E-state index contributed by atoms with van der Waals surface area (Å²) in [6.45, 7) is 6.18. The number of aromatic nitrogens is 2. The van der Waals surface area contributed by atoms with Crippen LogP contribution in [0.4, 0.5) is 0 Å². The summed E-state index contributed by atoms with van der Waals surface area (Å²) >= 11 is 0. The maximum absolute atomic E-state index is 12.7. The number of rotatable bonds is 7. The van der Waals surface area contributed by atoms with Crippen molar-refractivity contribution in [3.8, 4) is 11.5 Å². The van der Waals surface area contributed by atoms with Gasteiger partial charge >= 0.3 is 5.97 Å². The lowest BCUT2D eigenvalue weighted by Crippen LogP contribution is -2.28. The quantitative estimate of drug-likeness (QED) is 0.589. The first kappa shape index (κ1) is 19.7. The molecule has 8 heteroatoms. The minimum atomic E-state index is -0.642. The Hall–Kier alpha value is -2.61. The van der Waals surface area contributed by atoms with Crippen molar-refractivity contribution in [3.63, 3.8) is 0 Å². The zero-order valence-corrected chi connectivity index (χ0v) is 15.8. The fraction of sp³-hybridized carbons (Fsp3) is 0.500. The van der Waals surface area contributed by atoms with Crippen LogP contribution in [0.5, 0.6) is 11.5 Å². The SMILES string of the molecule is CNCCOc1cc2ncn(COC(=O)C(C)(C)C)c(=O)c2cc1OC. The third kappa shape index (κ3) is 4.51. The highest BCUT2D eigenvalue weighted by atomic mass is 16.5. The molecular formula is C18H25N3O5. The van der Waals surface area contributed by atoms with E-state index in [0.717, 1.165) is 0 Å². The molecule has 0 aliphatic rings. The molecule has 2 rings (SSSR count). The van der Waals surface area contributed by atoms with E-state index in [2.05, 4.69) is 10.3 Å². The van der Waals surface area contributed by atoms with Crippen LogP contribution in [0.15, 0.2) is 23.3 Å². The van der Waals surface area contributed by atoms with Crippen LogP contribution in [0.3, 0.4) is 0 Å². The molecule has 0 aliphatic heterocycles. The molecule has 1 aromatic carbocycles. The number of likely N-dealkylation sites (N-methyl/N-ethyl adjacent to an activating group) is 1. The molecule has 1 N–H and O–H groups in total. The van der Waals surface area contributed by atoms with E-state index in [1.54, 1.807) is 32.9 Å². The Morgan fingerprint density at radius 2 is 2.00 bits per heavy atom. The summed E-state index contributed by atoms with van der Waals surface area (Å²) in [4.78, 5) is 28.8. The number of methoxy groups -OCH3 is 1. The highest BCUT2D eigenvalue weighted by molar-refractivity contribution is 5.81. The molecule has 0 amide bonds.